The van der Waals surface area contributed by atoms with Crippen LogP contribution in [0.25, 0.3) is 0 Å². The molecule has 1 aromatic rings. The summed E-state index contributed by atoms with van der Waals surface area (Å²) in [5.74, 6) is 1.86. The first-order chi connectivity index (χ1) is 13.2. The molecule has 7 heteroatoms. The van der Waals surface area contributed by atoms with Crippen molar-refractivity contribution in [2.45, 2.75) is 44.7 Å². The number of aliphatic imine (C=N–C) groups is 1. The van der Waals surface area contributed by atoms with Gasteiger partial charge in [0.05, 0.1) is 12.8 Å². The molecule has 0 saturated carbocycles. The number of nitrogens with one attached hydrogen (secondary N) is 2. The van der Waals surface area contributed by atoms with Gasteiger partial charge in [-0.05, 0) is 50.9 Å². The van der Waals surface area contributed by atoms with Crippen molar-refractivity contribution in [3.05, 3.63) is 24.3 Å². The summed E-state index contributed by atoms with van der Waals surface area (Å²) in [5, 5.41) is 7.17. The normalized spacial score (nSPS) is 21.3. The van der Waals surface area contributed by atoms with Gasteiger partial charge < -0.3 is 20.3 Å². The fourth-order valence-electron chi connectivity index (χ4n) is 4.23. The van der Waals surface area contributed by atoms with E-state index in [0.717, 1.165) is 37.8 Å². The van der Waals surface area contributed by atoms with Crippen LogP contribution in [0.2, 0.25) is 0 Å². The largest absolute Gasteiger partial charge is 0.495 e. The molecule has 2 saturated heterocycles. The molecule has 1 aromatic carbocycles. The lowest BCUT2D eigenvalue weighted by Crippen LogP contribution is -2.49. The molecular formula is C21H36IN5O. The number of nitrogens with zero attached hydrogens (tertiary/aromatic N) is 3. The maximum Gasteiger partial charge on any atom is 0.191 e. The summed E-state index contributed by atoms with van der Waals surface area (Å²) in [7, 11) is 3.60. The lowest BCUT2D eigenvalue weighted by Gasteiger charge is -2.28. The zero-order chi connectivity index (χ0) is 19.1. The van der Waals surface area contributed by atoms with Crippen molar-refractivity contribution < 1.29 is 4.74 Å². The monoisotopic (exact) mass is 501 g/mol. The number of halogens is 1. The third-order valence-corrected chi connectivity index (χ3v) is 5.81. The van der Waals surface area contributed by atoms with Gasteiger partial charge in [0.25, 0.3) is 0 Å². The fraction of sp³-hybridized carbons (Fsp3) is 0.667. The third kappa shape index (κ3) is 5.89. The molecule has 0 amide bonds. The standard InChI is InChI=1S/C21H35N5O.HI/c1-4-18(25-12-7-8-13-25)15-23-21(22-2)24-17-11-14-26(16-17)19-9-5-6-10-20(19)27-3;/h5-6,9-10,17-18H,4,7-8,11-16H2,1-3H3,(H2,22,23,24);1H. The van der Waals surface area contributed by atoms with Crippen LogP contribution in [-0.2, 0) is 0 Å². The Bertz CT molecular complexity index is 621. The predicted molar refractivity (Wildman–Crippen MR) is 128 cm³/mol. The molecule has 2 N–H and O–H groups in total. The molecule has 2 fully saturated rings. The van der Waals surface area contributed by atoms with Crippen molar-refractivity contribution in [3.8, 4) is 5.75 Å². The van der Waals surface area contributed by atoms with Gasteiger partial charge in [0, 0.05) is 38.8 Å². The molecule has 6 nitrogen and oxygen atoms in total. The third-order valence-electron chi connectivity index (χ3n) is 5.81. The van der Waals surface area contributed by atoms with E-state index in [2.05, 4.69) is 44.5 Å². The van der Waals surface area contributed by atoms with Crippen molar-refractivity contribution in [1.29, 1.82) is 0 Å². The second-order valence-electron chi connectivity index (χ2n) is 7.51. The molecule has 2 heterocycles. The summed E-state index contributed by atoms with van der Waals surface area (Å²) < 4.78 is 5.52. The summed E-state index contributed by atoms with van der Waals surface area (Å²) >= 11 is 0. The Morgan fingerprint density at radius 1 is 1.25 bits per heavy atom. The smallest absolute Gasteiger partial charge is 0.191 e. The van der Waals surface area contributed by atoms with Crippen LogP contribution in [0.15, 0.2) is 29.3 Å². The van der Waals surface area contributed by atoms with Gasteiger partial charge in [0.15, 0.2) is 5.96 Å². The minimum atomic E-state index is 0. The van der Waals surface area contributed by atoms with Crippen molar-refractivity contribution in [2.24, 2.45) is 4.99 Å². The number of likely N-dealkylation sites (tertiary alicyclic amines) is 1. The van der Waals surface area contributed by atoms with Crippen molar-refractivity contribution in [3.63, 3.8) is 0 Å². The van der Waals surface area contributed by atoms with E-state index in [0.29, 0.717) is 12.1 Å². The van der Waals surface area contributed by atoms with Crippen LogP contribution in [0, 0.1) is 0 Å². The molecule has 28 heavy (non-hydrogen) atoms. The maximum atomic E-state index is 5.52. The fourth-order valence-corrected chi connectivity index (χ4v) is 4.23. The Morgan fingerprint density at radius 2 is 2.00 bits per heavy atom. The van der Waals surface area contributed by atoms with E-state index in [4.69, 9.17) is 4.74 Å². The number of benzene rings is 1. The van der Waals surface area contributed by atoms with E-state index in [1.165, 1.54) is 38.0 Å². The van der Waals surface area contributed by atoms with Crippen molar-refractivity contribution in [1.82, 2.24) is 15.5 Å². The summed E-state index contributed by atoms with van der Waals surface area (Å²) in [6, 6.07) is 9.25. The van der Waals surface area contributed by atoms with Gasteiger partial charge in [0.2, 0.25) is 0 Å². The second-order valence-corrected chi connectivity index (χ2v) is 7.51. The van der Waals surface area contributed by atoms with Gasteiger partial charge in [0.1, 0.15) is 5.75 Å². The second kappa shape index (κ2) is 11.7. The van der Waals surface area contributed by atoms with E-state index < -0.39 is 0 Å². The van der Waals surface area contributed by atoms with Crippen LogP contribution in [0.5, 0.6) is 5.75 Å². The summed E-state index contributed by atoms with van der Waals surface area (Å²) in [4.78, 5) is 9.45. The molecule has 0 aliphatic carbocycles. The van der Waals surface area contributed by atoms with E-state index in [1.807, 2.05) is 19.2 Å². The number of para-hydroxylation sites is 2. The SMILES string of the molecule is CCC(CNC(=NC)NC1CCN(c2ccccc2OC)C1)N1CCCC1.I. The zero-order valence-electron chi connectivity index (χ0n) is 17.5. The van der Waals surface area contributed by atoms with Crippen LogP contribution >= 0.6 is 24.0 Å². The summed E-state index contributed by atoms with van der Waals surface area (Å²) in [5.41, 5.74) is 1.17. The molecule has 2 atom stereocenters. The quantitative estimate of drug-likeness (QED) is 0.342. The average Bonchev–Trinajstić information content (AvgIpc) is 3.40. The number of rotatable bonds is 7. The highest BCUT2D eigenvalue weighted by atomic mass is 127. The number of methoxy groups -OCH3 is 1. The van der Waals surface area contributed by atoms with Crippen LogP contribution in [-0.4, -0.2) is 69.8 Å². The number of hydrogen-bond donors (Lipinski definition) is 2. The number of guanidine groups is 1. The van der Waals surface area contributed by atoms with E-state index in [-0.39, 0.29) is 24.0 Å². The van der Waals surface area contributed by atoms with Gasteiger partial charge in [-0.25, -0.2) is 0 Å². The van der Waals surface area contributed by atoms with Crippen LogP contribution in [0.4, 0.5) is 5.69 Å². The van der Waals surface area contributed by atoms with Gasteiger partial charge >= 0.3 is 0 Å². The summed E-state index contributed by atoms with van der Waals surface area (Å²) in [6.07, 6.45) is 4.95. The molecule has 2 aliphatic rings. The maximum absolute atomic E-state index is 5.52. The number of hydrogen-bond acceptors (Lipinski definition) is 4. The Hall–Kier alpha value is -1.22. The summed E-state index contributed by atoms with van der Waals surface area (Å²) in [6.45, 7) is 7.71. The minimum Gasteiger partial charge on any atom is -0.495 e. The average molecular weight is 501 g/mol. The molecule has 2 aliphatic heterocycles. The van der Waals surface area contributed by atoms with Gasteiger partial charge in [-0.2, -0.15) is 0 Å². The molecule has 0 radical (unpaired) electrons. The highest BCUT2D eigenvalue weighted by Crippen LogP contribution is 2.30. The zero-order valence-corrected chi connectivity index (χ0v) is 19.8. The Labute approximate surface area is 187 Å². The first-order valence-electron chi connectivity index (χ1n) is 10.3. The topological polar surface area (TPSA) is 52.1 Å². The molecule has 0 bridgehead atoms. The highest BCUT2D eigenvalue weighted by molar-refractivity contribution is 14.0. The number of ether oxygens (including phenoxy) is 1. The molecule has 3 rings (SSSR count). The van der Waals surface area contributed by atoms with Crippen molar-refractivity contribution >= 4 is 35.6 Å². The first-order valence-corrected chi connectivity index (χ1v) is 10.3. The Balaban J connectivity index is 0.00000280. The van der Waals surface area contributed by atoms with Gasteiger partial charge in [-0.3, -0.25) is 9.89 Å². The van der Waals surface area contributed by atoms with E-state index >= 15 is 0 Å². The van der Waals surface area contributed by atoms with E-state index in [9.17, 15) is 0 Å². The van der Waals surface area contributed by atoms with Crippen LogP contribution in [0.3, 0.4) is 0 Å². The Morgan fingerprint density at radius 3 is 2.68 bits per heavy atom. The number of anilines is 1. The molecule has 0 aromatic heterocycles. The van der Waals surface area contributed by atoms with Gasteiger partial charge in [-0.1, -0.05) is 19.1 Å². The van der Waals surface area contributed by atoms with Crippen LogP contribution in [0.1, 0.15) is 32.6 Å². The highest BCUT2D eigenvalue weighted by Gasteiger charge is 2.26. The molecular weight excluding hydrogens is 465 g/mol. The Kier molecular flexibility index (Phi) is 9.64. The lowest BCUT2D eigenvalue weighted by atomic mass is 10.2. The van der Waals surface area contributed by atoms with E-state index in [1.54, 1.807) is 7.11 Å². The van der Waals surface area contributed by atoms with Crippen LogP contribution < -0.4 is 20.3 Å². The molecule has 0 spiro atoms. The predicted octanol–water partition coefficient (Wildman–Crippen LogP) is 2.93. The lowest BCUT2D eigenvalue weighted by molar-refractivity contribution is 0.236. The van der Waals surface area contributed by atoms with Gasteiger partial charge in [-0.15, -0.1) is 24.0 Å². The molecule has 158 valence electrons. The van der Waals surface area contributed by atoms with Crippen molar-refractivity contribution in [2.75, 3.05) is 51.8 Å². The molecule has 2 unspecified atom stereocenters. The first kappa shape index (κ1) is 23.1. The minimum absolute atomic E-state index is 0.